The van der Waals surface area contributed by atoms with Crippen LogP contribution in [0.25, 0.3) is 0 Å². The molecule has 1 heterocycles. The Bertz CT molecular complexity index is 560. The monoisotopic (exact) mass is 432 g/mol. The molecule has 1 aliphatic heterocycles. The van der Waals surface area contributed by atoms with Crippen LogP contribution in [0.1, 0.15) is 56.4 Å². The predicted octanol–water partition coefficient (Wildman–Crippen LogP) is 5.78. The van der Waals surface area contributed by atoms with Crippen molar-refractivity contribution >= 4 is 36.4 Å². The van der Waals surface area contributed by atoms with Crippen molar-refractivity contribution in [3.63, 3.8) is 0 Å². The topological polar surface area (TPSA) is 15.3 Å². The summed E-state index contributed by atoms with van der Waals surface area (Å²) in [6, 6.07) is 8.77. The zero-order valence-corrected chi connectivity index (χ0v) is 18.6. The van der Waals surface area contributed by atoms with E-state index in [0.29, 0.717) is 5.92 Å². The maximum absolute atomic E-state index is 6.38. The third-order valence-electron chi connectivity index (χ3n) is 7.09. The molecule has 0 bridgehead atoms. The highest BCUT2D eigenvalue weighted by molar-refractivity contribution is 6.30. The zero-order valence-electron chi connectivity index (χ0n) is 16.2. The molecule has 2 saturated carbocycles. The Hall–Kier alpha value is 0.01000. The van der Waals surface area contributed by atoms with Gasteiger partial charge in [-0.2, -0.15) is 0 Å². The molecule has 3 aliphatic rings. The van der Waals surface area contributed by atoms with E-state index in [4.69, 9.17) is 11.6 Å². The number of hydrogen-bond acceptors (Lipinski definition) is 2. The summed E-state index contributed by atoms with van der Waals surface area (Å²) >= 11 is 6.38. The lowest BCUT2D eigenvalue weighted by Crippen LogP contribution is -2.47. The van der Waals surface area contributed by atoms with Gasteiger partial charge in [0, 0.05) is 37.7 Å². The Morgan fingerprint density at radius 3 is 2.52 bits per heavy atom. The largest absolute Gasteiger partial charge is 0.314 e. The number of piperazine rings is 1. The second-order valence-electron chi connectivity index (χ2n) is 8.52. The highest BCUT2D eigenvalue weighted by atomic mass is 35.5. The molecule has 27 heavy (non-hydrogen) atoms. The van der Waals surface area contributed by atoms with E-state index in [1.54, 1.807) is 0 Å². The minimum absolute atomic E-state index is 0. The molecule has 2 aliphatic carbocycles. The highest BCUT2D eigenvalue weighted by Crippen LogP contribution is 2.49. The van der Waals surface area contributed by atoms with Crippen molar-refractivity contribution in [2.75, 3.05) is 32.7 Å². The van der Waals surface area contributed by atoms with E-state index in [0.717, 1.165) is 35.9 Å². The molecule has 0 aromatic heterocycles. The first kappa shape index (κ1) is 23.3. The molecule has 1 saturated heterocycles. The minimum Gasteiger partial charge on any atom is -0.314 e. The summed E-state index contributed by atoms with van der Waals surface area (Å²) in [6.07, 6.45) is 10.2. The van der Waals surface area contributed by atoms with Crippen LogP contribution in [0, 0.1) is 17.8 Å². The van der Waals surface area contributed by atoms with Gasteiger partial charge in [0.15, 0.2) is 0 Å². The van der Waals surface area contributed by atoms with E-state index in [2.05, 4.69) is 28.4 Å². The molecule has 5 heteroatoms. The Morgan fingerprint density at radius 2 is 1.74 bits per heavy atom. The van der Waals surface area contributed by atoms with Gasteiger partial charge in [-0.05, 0) is 54.2 Å². The Labute approximate surface area is 182 Å². The smallest absolute Gasteiger partial charge is 0.0408 e. The Balaban J connectivity index is 0.00000131. The first-order valence-electron chi connectivity index (χ1n) is 10.5. The average Bonchev–Trinajstić information content (AvgIpc) is 2.67. The van der Waals surface area contributed by atoms with Crippen LogP contribution in [0.2, 0.25) is 5.02 Å². The second kappa shape index (κ2) is 11.3. The average molecular weight is 434 g/mol. The van der Waals surface area contributed by atoms with E-state index < -0.39 is 0 Å². The molecular formula is C22H35Cl3N2. The molecule has 154 valence electrons. The molecular weight excluding hydrogens is 399 g/mol. The van der Waals surface area contributed by atoms with Gasteiger partial charge in [0.2, 0.25) is 0 Å². The molecule has 1 aromatic rings. The quantitative estimate of drug-likeness (QED) is 0.647. The van der Waals surface area contributed by atoms with Crippen molar-refractivity contribution in [2.45, 2.75) is 50.9 Å². The number of halogens is 3. The van der Waals surface area contributed by atoms with E-state index in [1.165, 1.54) is 70.1 Å². The van der Waals surface area contributed by atoms with Crippen molar-refractivity contribution in [2.24, 2.45) is 17.8 Å². The number of benzene rings is 1. The van der Waals surface area contributed by atoms with E-state index >= 15 is 0 Å². The molecule has 0 amide bonds. The number of hydrogen-bond donors (Lipinski definition) is 1. The molecule has 1 N–H and O–H groups in total. The summed E-state index contributed by atoms with van der Waals surface area (Å²) in [5.74, 6) is 3.46. The van der Waals surface area contributed by atoms with Gasteiger partial charge in [-0.25, -0.2) is 0 Å². The van der Waals surface area contributed by atoms with Crippen LogP contribution in [0.5, 0.6) is 0 Å². The van der Waals surface area contributed by atoms with Gasteiger partial charge in [0.1, 0.15) is 0 Å². The molecule has 4 unspecified atom stereocenters. The van der Waals surface area contributed by atoms with Crippen LogP contribution in [-0.2, 0) is 0 Å². The van der Waals surface area contributed by atoms with E-state index in [9.17, 15) is 0 Å². The van der Waals surface area contributed by atoms with E-state index in [-0.39, 0.29) is 24.8 Å². The minimum atomic E-state index is 0. The van der Waals surface area contributed by atoms with Gasteiger partial charge in [-0.3, -0.25) is 0 Å². The Morgan fingerprint density at radius 1 is 1.00 bits per heavy atom. The second-order valence-corrected chi connectivity index (χ2v) is 8.95. The lowest BCUT2D eigenvalue weighted by molar-refractivity contribution is 0.0712. The highest BCUT2D eigenvalue weighted by Gasteiger charge is 2.39. The van der Waals surface area contributed by atoms with Gasteiger partial charge >= 0.3 is 0 Å². The summed E-state index contributed by atoms with van der Waals surface area (Å²) in [4.78, 5) is 2.69. The fourth-order valence-corrected chi connectivity index (χ4v) is 6.08. The molecule has 2 nitrogen and oxygen atoms in total. The lowest BCUT2D eigenvalue weighted by Gasteiger charge is -2.46. The molecule has 4 rings (SSSR count). The number of nitrogens with zero attached hydrogens (tertiary/aromatic N) is 1. The Kier molecular flexibility index (Phi) is 9.71. The third kappa shape index (κ3) is 5.76. The number of fused-ring (bicyclic) bond motifs is 1. The van der Waals surface area contributed by atoms with Crippen molar-refractivity contribution in [1.82, 2.24) is 10.2 Å². The summed E-state index contributed by atoms with van der Waals surface area (Å²) in [6.45, 7) is 5.88. The van der Waals surface area contributed by atoms with Gasteiger partial charge in [-0.15, -0.1) is 24.8 Å². The van der Waals surface area contributed by atoms with Crippen LogP contribution >= 0.6 is 36.4 Å². The first-order valence-corrected chi connectivity index (χ1v) is 10.9. The maximum Gasteiger partial charge on any atom is 0.0408 e. The van der Waals surface area contributed by atoms with Crippen molar-refractivity contribution in [3.05, 3.63) is 34.9 Å². The SMILES string of the molecule is Cl.Cl.Clc1cccc(C(CN2CCNCC2)C2CCCC3CCCCC32)c1. The van der Waals surface area contributed by atoms with Crippen molar-refractivity contribution in [1.29, 1.82) is 0 Å². The van der Waals surface area contributed by atoms with Crippen LogP contribution in [0.15, 0.2) is 24.3 Å². The third-order valence-corrected chi connectivity index (χ3v) is 7.32. The summed E-state index contributed by atoms with van der Waals surface area (Å²) in [5, 5.41) is 4.40. The molecule has 4 atom stereocenters. The summed E-state index contributed by atoms with van der Waals surface area (Å²) < 4.78 is 0. The first-order chi connectivity index (χ1) is 12.3. The summed E-state index contributed by atoms with van der Waals surface area (Å²) in [7, 11) is 0. The molecule has 0 radical (unpaired) electrons. The van der Waals surface area contributed by atoms with Gasteiger partial charge in [0.25, 0.3) is 0 Å². The van der Waals surface area contributed by atoms with Crippen molar-refractivity contribution in [3.8, 4) is 0 Å². The molecule has 1 aromatic carbocycles. The van der Waals surface area contributed by atoms with Crippen LogP contribution in [-0.4, -0.2) is 37.6 Å². The van der Waals surface area contributed by atoms with Crippen LogP contribution in [0.4, 0.5) is 0 Å². The fourth-order valence-electron chi connectivity index (χ4n) is 5.88. The van der Waals surface area contributed by atoms with Crippen LogP contribution in [0.3, 0.4) is 0 Å². The number of rotatable bonds is 4. The standard InChI is InChI=1S/C22H33ClN2.2ClH/c23-19-8-3-7-18(15-19)22(16-25-13-11-24-12-14-25)21-10-4-6-17-5-1-2-9-20(17)21;;/h3,7-8,15,17,20-22,24H,1-2,4-6,9-14,16H2;2*1H. The van der Waals surface area contributed by atoms with Crippen LogP contribution < -0.4 is 5.32 Å². The maximum atomic E-state index is 6.38. The molecule has 3 fully saturated rings. The lowest BCUT2D eigenvalue weighted by atomic mass is 9.61. The molecule has 0 spiro atoms. The van der Waals surface area contributed by atoms with E-state index in [1.807, 2.05) is 6.07 Å². The zero-order chi connectivity index (χ0) is 17.1. The number of nitrogens with one attached hydrogen (secondary N) is 1. The predicted molar refractivity (Wildman–Crippen MR) is 121 cm³/mol. The normalized spacial score (nSPS) is 29.7. The fraction of sp³-hybridized carbons (Fsp3) is 0.727. The van der Waals surface area contributed by atoms with Gasteiger partial charge in [-0.1, -0.05) is 55.8 Å². The van der Waals surface area contributed by atoms with Gasteiger partial charge in [0.05, 0.1) is 0 Å². The van der Waals surface area contributed by atoms with Gasteiger partial charge < -0.3 is 10.2 Å². The summed E-state index contributed by atoms with van der Waals surface area (Å²) in [5.41, 5.74) is 1.49. The van der Waals surface area contributed by atoms with Crippen molar-refractivity contribution < 1.29 is 0 Å².